The molecule has 1 atom stereocenters. The summed E-state index contributed by atoms with van der Waals surface area (Å²) >= 11 is 5.71. The third kappa shape index (κ3) is 2.10. The van der Waals surface area contributed by atoms with Gasteiger partial charge < -0.3 is 5.73 Å². The second-order valence-electron chi connectivity index (χ2n) is 2.72. The van der Waals surface area contributed by atoms with E-state index in [9.17, 15) is 10.1 Å². The van der Waals surface area contributed by atoms with Crippen LogP contribution in [-0.4, -0.2) is 4.92 Å². The van der Waals surface area contributed by atoms with Crippen LogP contribution >= 0.6 is 11.6 Å². The molecule has 1 aromatic carbocycles. The summed E-state index contributed by atoms with van der Waals surface area (Å²) in [5.41, 5.74) is 5.95. The number of hydrogen-bond donors (Lipinski definition) is 1. The minimum atomic E-state index is -0.575. The third-order valence-electron chi connectivity index (χ3n) is 1.80. The number of rotatable bonds is 3. The molecule has 0 heterocycles. The monoisotopic (exact) mass is 212 g/mol. The average Bonchev–Trinajstić information content (AvgIpc) is 2.16. The van der Waals surface area contributed by atoms with Crippen LogP contribution in [0.15, 0.2) is 30.9 Å². The molecule has 0 saturated carbocycles. The first kappa shape index (κ1) is 10.7. The van der Waals surface area contributed by atoms with Crippen LogP contribution in [0.25, 0.3) is 0 Å². The Labute approximate surface area is 86.1 Å². The highest BCUT2D eigenvalue weighted by Gasteiger charge is 2.17. The smallest absolute Gasteiger partial charge is 0.274 e. The van der Waals surface area contributed by atoms with E-state index in [2.05, 4.69) is 6.58 Å². The first-order valence-corrected chi connectivity index (χ1v) is 4.26. The predicted molar refractivity (Wildman–Crippen MR) is 55.2 cm³/mol. The number of nitro benzene ring substituents is 1. The van der Waals surface area contributed by atoms with Crippen LogP contribution in [-0.2, 0) is 0 Å². The topological polar surface area (TPSA) is 69.2 Å². The van der Waals surface area contributed by atoms with Crippen molar-refractivity contribution in [1.29, 1.82) is 0 Å². The Bertz CT molecular complexity index is 379. The second-order valence-corrected chi connectivity index (χ2v) is 3.16. The molecule has 0 spiro atoms. The standard InChI is InChI=1S/C9H9ClN2O2/c1-2-8(11)7-5-6(10)3-4-9(7)12(13)14/h2-5,8H,1,11H2. The highest BCUT2D eigenvalue weighted by molar-refractivity contribution is 6.30. The second kappa shape index (κ2) is 4.21. The van der Waals surface area contributed by atoms with Crippen molar-refractivity contribution in [3.05, 3.63) is 51.6 Å². The molecular weight excluding hydrogens is 204 g/mol. The molecule has 4 nitrogen and oxygen atoms in total. The SMILES string of the molecule is C=CC(N)c1cc(Cl)ccc1[N+](=O)[O-]. The number of nitrogens with two attached hydrogens (primary N) is 1. The van der Waals surface area contributed by atoms with Crippen LogP contribution < -0.4 is 5.73 Å². The van der Waals surface area contributed by atoms with Crippen LogP contribution in [0.5, 0.6) is 0 Å². The third-order valence-corrected chi connectivity index (χ3v) is 2.03. The number of halogens is 1. The molecule has 0 aliphatic heterocycles. The van der Waals surface area contributed by atoms with Gasteiger partial charge in [-0.05, 0) is 12.1 Å². The Morgan fingerprint density at radius 2 is 2.29 bits per heavy atom. The predicted octanol–water partition coefficient (Wildman–Crippen LogP) is 2.43. The van der Waals surface area contributed by atoms with Crippen molar-refractivity contribution in [3.63, 3.8) is 0 Å². The lowest BCUT2D eigenvalue weighted by Gasteiger charge is -2.07. The highest BCUT2D eigenvalue weighted by atomic mass is 35.5. The largest absolute Gasteiger partial charge is 0.321 e. The first-order chi connectivity index (χ1) is 6.56. The fraction of sp³-hybridized carbons (Fsp3) is 0.111. The van der Waals surface area contributed by atoms with Crippen LogP contribution in [0.1, 0.15) is 11.6 Å². The van der Waals surface area contributed by atoms with Crippen LogP contribution in [0.3, 0.4) is 0 Å². The first-order valence-electron chi connectivity index (χ1n) is 3.88. The van der Waals surface area contributed by atoms with Gasteiger partial charge >= 0.3 is 0 Å². The summed E-state index contributed by atoms with van der Waals surface area (Å²) in [7, 11) is 0. The lowest BCUT2D eigenvalue weighted by Crippen LogP contribution is -2.09. The molecule has 0 saturated heterocycles. The van der Waals surface area contributed by atoms with Gasteiger partial charge in [-0.2, -0.15) is 0 Å². The van der Waals surface area contributed by atoms with Crippen LogP contribution in [0.4, 0.5) is 5.69 Å². The molecule has 1 unspecified atom stereocenters. The van der Waals surface area contributed by atoms with Gasteiger partial charge in [-0.1, -0.05) is 17.7 Å². The normalized spacial score (nSPS) is 12.1. The lowest BCUT2D eigenvalue weighted by atomic mass is 10.1. The highest BCUT2D eigenvalue weighted by Crippen LogP contribution is 2.27. The van der Waals surface area contributed by atoms with Gasteiger partial charge in [0.25, 0.3) is 5.69 Å². The van der Waals surface area contributed by atoms with Gasteiger partial charge in [-0.3, -0.25) is 10.1 Å². The molecule has 0 fully saturated rings. The Hall–Kier alpha value is -1.39. The van der Waals surface area contributed by atoms with E-state index in [1.807, 2.05) is 0 Å². The van der Waals surface area contributed by atoms with E-state index in [-0.39, 0.29) is 5.69 Å². The van der Waals surface area contributed by atoms with Gasteiger partial charge in [-0.25, -0.2) is 0 Å². The number of nitro groups is 1. The molecule has 14 heavy (non-hydrogen) atoms. The minimum Gasteiger partial charge on any atom is -0.321 e. The summed E-state index contributed by atoms with van der Waals surface area (Å²) in [6, 6.07) is 3.69. The Morgan fingerprint density at radius 3 is 2.79 bits per heavy atom. The van der Waals surface area contributed by atoms with Gasteiger partial charge in [0.15, 0.2) is 0 Å². The molecule has 0 radical (unpaired) electrons. The van der Waals surface area contributed by atoms with Crippen molar-refractivity contribution in [2.45, 2.75) is 6.04 Å². The Morgan fingerprint density at radius 1 is 1.64 bits per heavy atom. The zero-order valence-corrected chi connectivity index (χ0v) is 8.07. The van der Waals surface area contributed by atoms with E-state index < -0.39 is 11.0 Å². The summed E-state index contributed by atoms with van der Waals surface area (Å²) in [6.45, 7) is 3.48. The van der Waals surface area contributed by atoms with Gasteiger partial charge in [0.2, 0.25) is 0 Å². The van der Waals surface area contributed by atoms with E-state index in [0.717, 1.165) is 0 Å². The lowest BCUT2D eigenvalue weighted by molar-refractivity contribution is -0.385. The fourth-order valence-corrected chi connectivity index (χ4v) is 1.27. The van der Waals surface area contributed by atoms with Crippen molar-refractivity contribution >= 4 is 17.3 Å². The molecule has 5 heteroatoms. The Kier molecular flexibility index (Phi) is 3.22. The van der Waals surface area contributed by atoms with Gasteiger partial charge in [0.05, 0.1) is 16.5 Å². The van der Waals surface area contributed by atoms with Gasteiger partial charge in [0, 0.05) is 11.1 Å². The van der Waals surface area contributed by atoms with E-state index in [0.29, 0.717) is 10.6 Å². The molecule has 0 aromatic heterocycles. The maximum atomic E-state index is 10.6. The number of nitrogens with zero attached hydrogens (tertiary/aromatic N) is 1. The average molecular weight is 213 g/mol. The van der Waals surface area contributed by atoms with Gasteiger partial charge in [0.1, 0.15) is 0 Å². The van der Waals surface area contributed by atoms with E-state index in [4.69, 9.17) is 17.3 Å². The maximum Gasteiger partial charge on any atom is 0.274 e. The quantitative estimate of drug-likeness (QED) is 0.475. The summed E-state index contributed by atoms with van der Waals surface area (Å²) in [4.78, 5) is 10.1. The molecule has 0 aliphatic rings. The van der Waals surface area contributed by atoms with Crippen molar-refractivity contribution < 1.29 is 4.92 Å². The van der Waals surface area contributed by atoms with Crippen molar-refractivity contribution in [3.8, 4) is 0 Å². The molecule has 0 amide bonds. The summed E-state index contributed by atoms with van der Waals surface area (Å²) in [6.07, 6.45) is 1.43. The summed E-state index contributed by atoms with van der Waals surface area (Å²) < 4.78 is 0. The van der Waals surface area contributed by atoms with E-state index >= 15 is 0 Å². The summed E-state index contributed by atoms with van der Waals surface area (Å²) in [5.74, 6) is 0. The number of hydrogen-bond acceptors (Lipinski definition) is 3. The molecule has 0 aliphatic carbocycles. The minimum absolute atomic E-state index is 0.0400. The summed E-state index contributed by atoms with van der Waals surface area (Å²) in [5, 5.41) is 11.0. The molecule has 2 N–H and O–H groups in total. The van der Waals surface area contributed by atoms with Crippen LogP contribution in [0.2, 0.25) is 5.02 Å². The van der Waals surface area contributed by atoms with Gasteiger partial charge in [-0.15, -0.1) is 6.58 Å². The zero-order valence-electron chi connectivity index (χ0n) is 7.31. The Balaban J connectivity index is 3.29. The fourth-order valence-electron chi connectivity index (χ4n) is 1.09. The van der Waals surface area contributed by atoms with Crippen molar-refractivity contribution in [2.75, 3.05) is 0 Å². The molecular formula is C9H9ClN2O2. The van der Waals surface area contributed by atoms with E-state index in [1.165, 1.54) is 24.3 Å². The maximum absolute atomic E-state index is 10.6. The molecule has 1 aromatic rings. The molecule has 1 rings (SSSR count). The zero-order chi connectivity index (χ0) is 10.7. The van der Waals surface area contributed by atoms with Crippen LogP contribution in [0, 0.1) is 10.1 Å². The van der Waals surface area contributed by atoms with Crippen molar-refractivity contribution in [2.24, 2.45) is 5.73 Å². The van der Waals surface area contributed by atoms with E-state index in [1.54, 1.807) is 0 Å². The van der Waals surface area contributed by atoms with Crippen molar-refractivity contribution in [1.82, 2.24) is 0 Å². The number of benzene rings is 1. The molecule has 74 valence electrons. The molecule has 0 bridgehead atoms.